The lowest BCUT2D eigenvalue weighted by Gasteiger charge is -2.04. The molecule has 0 aliphatic rings. The van der Waals surface area contributed by atoms with Crippen LogP contribution >= 0.6 is 0 Å². The van der Waals surface area contributed by atoms with Gasteiger partial charge in [0, 0.05) is 5.57 Å². The van der Waals surface area contributed by atoms with Crippen molar-refractivity contribution in [1.82, 2.24) is 0 Å². The maximum atomic E-state index is 11.1. The third-order valence-electron chi connectivity index (χ3n) is 3.25. The third kappa shape index (κ3) is 21.1. The fourth-order valence-electron chi connectivity index (χ4n) is 1.88. The van der Waals surface area contributed by atoms with Crippen LogP contribution < -0.4 is 0 Å². The van der Waals surface area contributed by atoms with Crippen LogP contribution in [0.2, 0.25) is 0 Å². The number of rotatable bonds is 13. The van der Waals surface area contributed by atoms with E-state index in [0.717, 1.165) is 6.42 Å². The third-order valence-corrected chi connectivity index (χ3v) is 3.25. The molecule has 0 N–H and O–H groups in total. The first kappa shape index (κ1) is 23.0. The monoisotopic (exact) mass is 312 g/mol. The Hall–Kier alpha value is -1.25. The molecule has 0 aliphatic carbocycles. The summed E-state index contributed by atoms with van der Waals surface area (Å²) in [5, 5.41) is 0. The van der Waals surface area contributed by atoms with Crippen molar-refractivity contribution in [2.75, 3.05) is 13.7 Å². The molecule has 130 valence electrons. The quantitative estimate of drug-likeness (QED) is 0.186. The van der Waals surface area contributed by atoms with Gasteiger partial charge in [-0.15, -0.1) is 0 Å². The Morgan fingerprint density at radius 1 is 0.955 bits per heavy atom. The Balaban J connectivity index is 0. The highest BCUT2D eigenvalue weighted by molar-refractivity contribution is 5.86. The number of unbranched alkanes of at least 4 members (excludes halogenated alkanes) is 9. The highest BCUT2D eigenvalue weighted by atomic mass is 16.5. The number of hydrogen-bond acceptors (Lipinski definition) is 3. The fraction of sp³-hybridized carbons (Fsp3) is 0.737. The molecule has 0 radical (unpaired) electrons. The van der Waals surface area contributed by atoms with Gasteiger partial charge in [0.2, 0.25) is 0 Å². The summed E-state index contributed by atoms with van der Waals surface area (Å²) < 4.78 is 9.34. The van der Waals surface area contributed by atoms with Crippen LogP contribution in [0.1, 0.15) is 78.1 Å². The summed E-state index contributed by atoms with van der Waals surface area (Å²) in [5.74, 6) is -0.258. The average Bonchev–Trinajstić information content (AvgIpc) is 2.52. The number of ether oxygens (including phenoxy) is 2. The normalized spacial score (nSPS) is 9.41. The molecule has 0 rings (SSSR count). The Kier molecular flexibility index (Phi) is 20.7. The number of methoxy groups -OCH3 is 1. The molecule has 0 bridgehead atoms. The van der Waals surface area contributed by atoms with E-state index in [2.05, 4.69) is 24.8 Å². The number of carbonyl (C=O) groups is 1. The Morgan fingerprint density at radius 3 is 1.73 bits per heavy atom. The predicted molar refractivity (Wildman–Crippen MR) is 94.8 cm³/mol. The summed E-state index contributed by atoms with van der Waals surface area (Å²) in [6.45, 7) is 11.3. The SMILES string of the molecule is C=C(C)C(=O)OCCCCCCCCCCCC.C=COC. The summed E-state index contributed by atoms with van der Waals surface area (Å²) in [7, 11) is 1.56. The van der Waals surface area contributed by atoms with Crippen LogP contribution in [-0.4, -0.2) is 19.7 Å². The van der Waals surface area contributed by atoms with E-state index in [4.69, 9.17) is 4.74 Å². The molecule has 0 atom stereocenters. The van der Waals surface area contributed by atoms with Gasteiger partial charge in [-0.2, -0.15) is 0 Å². The molecular weight excluding hydrogens is 276 g/mol. The molecule has 0 unspecified atom stereocenters. The van der Waals surface area contributed by atoms with Gasteiger partial charge in [-0.3, -0.25) is 0 Å². The molecule has 3 nitrogen and oxygen atoms in total. The molecule has 0 aliphatic heterocycles. The lowest BCUT2D eigenvalue weighted by molar-refractivity contribution is -0.139. The second kappa shape index (κ2) is 19.8. The molecular formula is C19H36O3. The van der Waals surface area contributed by atoms with E-state index in [1.807, 2.05) is 0 Å². The van der Waals surface area contributed by atoms with Crippen LogP contribution in [0.3, 0.4) is 0 Å². The Bertz CT molecular complexity index is 272. The first-order chi connectivity index (χ1) is 10.6. The fourth-order valence-corrected chi connectivity index (χ4v) is 1.88. The highest BCUT2D eigenvalue weighted by Crippen LogP contribution is 2.10. The van der Waals surface area contributed by atoms with Crippen LogP contribution in [0.4, 0.5) is 0 Å². The molecule has 0 aromatic carbocycles. The smallest absolute Gasteiger partial charge is 0.333 e. The van der Waals surface area contributed by atoms with Crippen molar-refractivity contribution in [3.05, 3.63) is 25.0 Å². The molecule has 0 spiro atoms. The second-order valence-corrected chi connectivity index (χ2v) is 5.50. The van der Waals surface area contributed by atoms with E-state index >= 15 is 0 Å². The average molecular weight is 312 g/mol. The van der Waals surface area contributed by atoms with E-state index in [1.54, 1.807) is 14.0 Å². The molecule has 0 aromatic heterocycles. The van der Waals surface area contributed by atoms with Crippen molar-refractivity contribution in [2.24, 2.45) is 0 Å². The van der Waals surface area contributed by atoms with E-state index < -0.39 is 0 Å². The number of esters is 1. The minimum Gasteiger partial charge on any atom is -0.505 e. The van der Waals surface area contributed by atoms with Crippen molar-refractivity contribution in [3.63, 3.8) is 0 Å². The van der Waals surface area contributed by atoms with Gasteiger partial charge in [-0.25, -0.2) is 4.79 Å². The van der Waals surface area contributed by atoms with Crippen LogP contribution in [0.5, 0.6) is 0 Å². The van der Waals surface area contributed by atoms with Gasteiger partial charge in [0.25, 0.3) is 0 Å². The minimum absolute atomic E-state index is 0.258. The van der Waals surface area contributed by atoms with Gasteiger partial charge in [-0.05, 0) is 13.3 Å². The molecule has 0 heterocycles. The van der Waals surface area contributed by atoms with Crippen LogP contribution in [0, 0.1) is 0 Å². The molecule has 3 heteroatoms. The number of carbonyl (C=O) groups excluding carboxylic acids is 1. The van der Waals surface area contributed by atoms with Gasteiger partial charge in [0.1, 0.15) is 0 Å². The molecule has 0 amide bonds. The first-order valence-electron chi connectivity index (χ1n) is 8.56. The summed E-state index contributed by atoms with van der Waals surface area (Å²) in [5.41, 5.74) is 0.488. The summed E-state index contributed by atoms with van der Waals surface area (Å²) >= 11 is 0. The molecule has 22 heavy (non-hydrogen) atoms. The van der Waals surface area contributed by atoms with Crippen molar-refractivity contribution in [3.8, 4) is 0 Å². The lowest BCUT2D eigenvalue weighted by Crippen LogP contribution is -2.05. The van der Waals surface area contributed by atoms with Gasteiger partial charge in [0.05, 0.1) is 20.0 Å². The second-order valence-electron chi connectivity index (χ2n) is 5.50. The van der Waals surface area contributed by atoms with Crippen molar-refractivity contribution in [2.45, 2.75) is 78.1 Å². The Morgan fingerprint density at radius 2 is 1.36 bits per heavy atom. The summed E-state index contributed by atoms with van der Waals surface area (Å²) in [4.78, 5) is 11.1. The van der Waals surface area contributed by atoms with Gasteiger partial charge in [-0.1, -0.05) is 77.9 Å². The standard InChI is InChI=1S/C16H30O2.C3H6O/c1-4-5-6-7-8-9-10-11-12-13-14-18-16(17)15(2)3;1-3-4-2/h2,4-14H2,1,3H3;3H,1H2,2H3. The predicted octanol–water partition coefficient (Wildman–Crippen LogP) is 5.80. The first-order valence-corrected chi connectivity index (χ1v) is 8.56. The Labute approximate surface area is 137 Å². The van der Waals surface area contributed by atoms with Gasteiger partial charge < -0.3 is 9.47 Å². The van der Waals surface area contributed by atoms with Crippen molar-refractivity contribution < 1.29 is 14.3 Å². The van der Waals surface area contributed by atoms with E-state index in [0.29, 0.717) is 12.2 Å². The zero-order chi connectivity index (χ0) is 17.1. The maximum Gasteiger partial charge on any atom is 0.333 e. The highest BCUT2D eigenvalue weighted by Gasteiger charge is 2.01. The molecule has 0 saturated carbocycles. The van der Waals surface area contributed by atoms with Crippen LogP contribution in [0.25, 0.3) is 0 Å². The van der Waals surface area contributed by atoms with Gasteiger partial charge >= 0.3 is 5.97 Å². The van der Waals surface area contributed by atoms with E-state index in [9.17, 15) is 4.79 Å². The topological polar surface area (TPSA) is 35.5 Å². The lowest BCUT2D eigenvalue weighted by atomic mass is 10.1. The van der Waals surface area contributed by atoms with Gasteiger partial charge in [0.15, 0.2) is 0 Å². The summed E-state index contributed by atoms with van der Waals surface area (Å²) in [6, 6.07) is 0. The van der Waals surface area contributed by atoms with Crippen molar-refractivity contribution >= 4 is 5.97 Å². The molecule has 0 fully saturated rings. The van der Waals surface area contributed by atoms with E-state index in [-0.39, 0.29) is 5.97 Å². The van der Waals surface area contributed by atoms with Crippen LogP contribution in [0.15, 0.2) is 25.0 Å². The molecule has 0 saturated heterocycles. The summed E-state index contributed by atoms with van der Waals surface area (Å²) in [6.07, 6.45) is 14.3. The number of hydrogen-bond donors (Lipinski definition) is 0. The minimum atomic E-state index is -0.258. The van der Waals surface area contributed by atoms with E-state index in [1.165, 1.54) is 64.0 Å². The van der Waals surface area contributed by atoms with Crippen LogP contribution in [-0.2, 0) is 14.3 Å². The zero-order valence-corrected chi connectivity index (χ0v) is 15.0. The largest absolute Gasteiger partial charge is 0.505 e. The zero-order valence-electron chi connectivity index (χ0n) is 15.0. The maximum absolute atomic E-state index is 11.1. The molecule has 0 aromatic rings. The van der Waals surface area contributed by atoms with Crippen molar-refractivity contribution in [1.29, 1.82) is 0 Å².